The van der Waals surface area contributed by atoms with Crippen molar-refractivity contribution in [1.29, 1.82) is 0 Å². The van der Waals surface area contributed by atoms with E-state index in [9.17, 15) is 14.4 Å². The average Bonchev–Trinajstić information content (AvgIpc) is 3.12. The first-order valence-electron chi connectivity index (χ1n) is 8.55. The second kappa shape index (κ2) is 6.47. The van der Waals surface area contributed by atoms with Gasteiger partial charge in [-0.3, -0.25) is 14.5 Å². The predicted octanol–water partition coefficient (Wildman–Crippen LogP) is 0.782. The van der Waals surface area contributed by atoms with Crippen LogP contribution >= 0.6 is 0 Å². The molecule has 1 spiro atoms. The van der Waals surface area contributed by atoms with Crippen molar-refractivity contribution >= 4 is 17.8 Å². The van der Waals surface area contributed by atoms with E-state index in [-0.39, 0.29) is 30.4 Å². The zero-order chi connectivity index (χ0) is 16.4. The Bertz CT molecular complexity index is 504. The quantitative estimate of drug-likeness (QED) is 0.749. The van der Waals surface area contributed by atoms with Crippen LogP contribution in [0.4, 0.5) is 4.79 Å². The maximum Gasteiger partial charge on any atom is 0.325 e. The number of carbonyl (C=O) groups excluding carboxylic acids is 3. The first-order valence-corrected chi connectivity index (χ1v) is 8.55. The zero-order valence-electron chi connectivity index (χ0n) is 13.6. The Morgan fingerprint density at radius 2 is 2.17 bits per heavy atom. The summed E-state index contributed by atoms with van der Waals surface area (Å²) in [6.45, 7) is 2.95. The van der Waals surface area contributed by atoms with Crippen molar-refractivity contribution in [3.63, 3.8) is 0 Å². The van der Waals surface area contributed by atoms with Gasteiger partial charge in [0.15, 0.2) is 0 Å². The topological polar surface area (TPSA) is 87.7 Å². The Morgan fingerprint density at radius 3 is 2.87 bits per heavy atom. The van der Waals surface area contributed by atoms with E-state index in [1.165, 1.54) is 0 Å². The summed E-state index contributed by atoms with van der Waals surface area (Å²) in [6, 6.07) is -0.448. The van der Waals surface area contributed by atoms with Crippen LogP contribution in [0.15, 0.2) is 0 Å². The van der Waals surface area contributed by atoms with Crippen LogP contribution in [0.25, 0.3) is 0 Å². The van der Waals surface area contributed by atoms with Crippen LogP contribution in [0.3, 0.4) is 0 Å². The highest BCUT2D eigenvalue weighted by Gasteiger charge is 2.55. The SMILES string of the molecule is C[C@@H]1CCCC[C@@]12NC(=O)N(CC(=O)NC[C@H]1CCCO1)C2=O. The Labute approximate surface area is 136 Å². The molecule has 2 aliphatic heterocycles. The third-order valence-electron chi connectivity index (χ3n) is 5.35. The van der Waals surface area contributed by atoms with E-state index in [1.807, 2.05) is 6.92 Å². The Hall–Kier alpha value is -1.63. The predicted molar refractivity (Wildman–Crippen MR) is 82.6 cm³/mol. The molecule has 1 saturated carbocycles. The summed E-state index contributed by atoms with van der Waals surface area (Å²) >= 11 is 0. The van der Waals surface area contributed by atoms with Crippen molar-refractivity contribution in [2.24, 2.45) is 5.92 Å². The minimum absolute atomic E-state index is 0.0479. The van der Waals surface area contributed by atoms with Gasteiger partial charge in [-0.25, -0.2) is 4.79 Å². The lowest BCUT2D eigenvalue weighted by molar-refractivity contribution is -0.137. The fraction of sp³-hybridized carbons (Fsp3) is 0.812. The molecule has 3 fully saturated rings. The van der Waals surface area contributed by atoms with Crippen LogP contribution in [0.5, 0.6) is 0 Å². The number of imide groups is 1. The maximum atomic E-state index is 12.7. The fourth-order valence-electron chi connectivity index (χ4n) is 3.87. The average molecular weight is 323 g/mol. The van der Waals surface area contributed by atoms with E-state index in [4.69, 9.17) is 4.74 Å². The number of urea groups is 1. The standard InChI is InChI=1S/C16H25N3O4/c1-11-5-2-3-7-16(11)14(21)19(15(22)18-16)10-13(20)17-9-12-6-4-8-23-12/h11-12H,2-10H2,1H3,(H,17,20)(H,18,22)/t11-,12-,16-/m1/s1. The molecule has 0 unspecified atom stereocenters. The van der Waals surface area contributed by atoms with Gasteiger partial charge in [0, 0.05) is 13.2 Å². The molecule has 0 aromatic rings. The number of nitrogens with one attached hydrogen (secondary N) is 2. The van der Waals surface area contributed by atoms with Crippen molar-refractivity contribution in [2.75, 3.05) is 19.7 Å². The molecule has 3 rings (SSSR count). The summed E-state index contributed by atoms with van der Waals surface area (Å²) in [6.07, 6.45) is 5.57. The maximum absolute atomic E-state index is 12.7. The van der Waals surface area contributed by atoms with Crippen LogP contribution in [-0.4, -0.2) is 54.1 Å². The highest BCUT2D eigenvalue weighted by atomic mass is 16.5. The summed E-state index contributed by atoms with van der Waals surface area (Å²) in [4.78, 5) is 38.0. The Balaban J connectivity index is 1.58. The molecule has 2 N–H and O–H groups in total. The highest BCUT2D eigenvalue weighted by molar-refractivity contribution is 6.09. The second-order valence-corrected chi connectivity index (χ2v) is 6.88. The molecule has 3 atom stereocenters. The van der Waals surface area contributed by atoms with Gasteiger partial charge < -0.3 is 15.4 Å². The van der Waals surface area contributed by atoms with Crippen LogP contribution in [0.1, 0.15) is 45.4 Å². The van der Waals surface area contributed by atoms with Gasteiger partial charge in [-0.05, 0) is 31.6 Å². The summed E-state index contributed by atoms with van der Waals surface area (Å²) in [7, 11) is 0. The number of nitrogens with zero attached hydrogens (tertiary/aromatic N) is 1. The van der Waals surface area contributed by atoms with Gasteiger partial charge >= 0.3 is 6.03 Å². The van der Waals surface area contributed by atoms with Crippen LogP contribution in [-0.2, 0) is 14.3 Å². The molecular weight excluding hydrogens is 298 g/mol. The zero-order valence-corrected chi connectivity index (χ0v) is 13.6. The normalized spacial score (nSPS) is 34.0. The number of amides is 4. The highest BCUT2D eigenvalue weighted by Crippen LogP contribution is 2.38. The van der Waals surface area contributed by atoms with Crippen molar-refractivity contribution in [1.82, 2.24) is 15.5 Å². The molecule has 7 heteroatoms. The lowest BCUT2D eigenvalue weighted by Crippen LogP contribution is -2.54. The largest absolute Gasteiger partial charge is 0.376 e. The molecule has 7 nitrogen and oxygen atoms in total. The summed E-state index contributed by atoms with van der Waals surface area (Å²) in [5, 5.41) is 5.61. The molecule has 3 aliphatic rings. The Kier molecular flexibility index (Phi) is 4.57. The van der Waals surface area contributed by atoms with Gasteiger partial charge in [0.05, 0.1) is 6.10 Å². The van der Waals surface area contributed by atoms with E-state index in [0.29, 0.717) is 13.0 Å². The van der Waals surface area contributed by atoms with Crippen LogP contribution < -0.4 is 10.6 Å². The smallest absolute Gasteiger partial charge is 0.325 e. The first kappa shape index (κ1) is 16.2. The molecule has 128 valence electrons. The van der Waals surface area contributed by atoms with Gasteiger partial charge in [0.2, 0.25) is 5.91 Å². The van der Waals surface area contributed by atoms with E-state index in [1.54, 1.807) is 0 Å². The number of carbonyl (C=O) groups is 3. The van der Waals surface area contributed by atoms with E-state index >= 15 is 0 Å². The second-order valence-electron chi connectivity index (χ2n) is 6.88. The lowest BCUT2D eigenvalue weighted by atomic mass is 9.73. The molecule has 0 aromatic carbocycles. The molecule has 1 aliphatic carbocycles. The number of rotatable bonds is 4. The van der Waals surface area contributed by atoms with Gasteiger partial charge in [0.1, 0.15) is 12.1 Å². The van der Waals surface area contributed by atoms with Crippen LogP contribution in [0, 0.1) is 5.92 Å². The fourth-order valence-corrected chi connectivity index (χ4v) is 3.87. The summed E-state index contributed by atoms with van der Waals surface area (Å²) in [5.74, 6) is -0.459. The molecular formula is C16H25N3O4. The van der Waals surface area contributed by atoms with Gasteiger partial charge in [-0.15, -0.1) is 0 Å². The monoisotopic (exact) mass is 323 g/mol. The van der Waals surface area contributed by atoms with Gasteiger partial charge in [-0.2, -0.15) is 0 Å². The van der Waals surface area contributed by atoms with Crippen molar-refractivity contribution < 1.29 is 19.1 Å². The van der Waals surface area contributed by atoms with Crippen molar-refractivity contribution in [3.05, 3.63) is 0 Å². The van der Waals surface area contributed by atoms with Crippen molar-refractivity contribution in [2.45, 2.75) is 57.1 Å². The minimum Gasteiger partial charge on any atom is -0.376 e. The molecule has 2 saturated heterocycles. The third kappa shape index (κ3) is 3.06. The molecule has 0 aromatic heterocycles. The molecule has 23 heavy (non-hydrogen) atoms. The van der Waals surface area contributed by atoms with E-state index in [2.05, 4.69) is 10.6 Å². The van der Waals surface area contributed by atoms with Crippen LogP contribution in [0.2, 0.25) is 0 Å². The minimum atomic E-state index is -0.801. The van der Waals surface area contributed by atoms with E-state index in [0.717, 1.165) is 43.6 Å². The Morgan fingerprint density at radius 1 is 1.35 bits per heavy atom. The summed E-state index contributed by atoms with van der Waals surface area (Å²) < 4.78 is 5.45. The first-order chi connectivity index (χ1) is 11.0. The number of hydrogen-bond acceptors (Lipinski definition) is 4. The molecule has 0 bridgehead atoms. The van der Waals surface area contributed by atoms with Crippen molar-refractivity contribution in [3.8, 4) is 0 Å². The summed E-state index contributed by atoms with van der Waals surface area (Å²) in [5.41, 5.74) is -0.801. The van der Waals surface area contributed by atoms with E-state index < -0.39 is 11.6 Å². The van der Waals surface area contributed by atoms with Gasteiger partial charge in [0.25, 0.3) is 5.91 Å². The van der Waals surface area contributed by atoms with Gasteiger partial charge in [-0.1, -0.05) is 19.8 Å². The molecule has 4 amide bonds. The number of ether oxygens (including phenoxy) is 1. The number of hydrogen-bond donors (Lipinski definition) is 2. The lowest BCUT2D eigenvalue weighted by Gasteiger charge is -2.36. The molecule has 0 radical (unpaired) electrons. The molecule has 2 heterocycles. The third-order valence-corrected chi connectivity index (χ3v) is 5.35.